The summed E-state index contributed by atoms with van der Waals surface area (Å²) in [4.78, 5) is 11.3. The number of hydrogen-bond acceptors (Lipinski definition) is 4. The Morgan fingerprint density at radius 3 is 2.87 bits per heavy atom. The van der Waals surface area contributed by atoms with Crippen molar-refractivity contribution in [3.63, 3.8) is 0 Å². The minimum absolute atomic E-state index is 0.213. The lowest BCUT2D eigenvalue weighted by Gasteiger charge is -2.08. The Bertz CT molecular complexity index is 350. The summed E-state index contributed by atoms with van der Waals surface area (Å²) in [6, 6.07) is 5.64. The van der Waals surface area contributed by atoms with E-state index in [1.54, 1.807) is 6.92 Å². The summed E-state index contributed by atoms with van der Waals surface area (Å²) >= 11 is 0. The largest absolute Gasteiger partial charge is 0.466 e. The van der Waals surface area contributed by atoms with Crippen molar-refractivity contribution in [1.29, 1.82) is 0 Å². The van der Waals surface area contributed by atoms with Crippen molar-refractivity contribution in [2.75, 3.05) is 12.0 Å². The number of nitrogens with one attached hydrogen (secondary N) is 1. The molecule has 4 heteroatoms. The molecule has 1 rings (SSSR count). The van der Waals surface area contributed by atoms with Crippen LogP contribution in [-0.4, -0.2) is 12.6 Å². The number of benzene rings is 1. The van der Waals surface area contributed by atoms with Gasteiger partial charge in [-0.3, -0.25) is 10.6 Å². The topological polar surface area (TPSA) is 64.3 Å². The molecule has 3 N–H and O–H groups in total. The number of carbonyl (C=O) groups is 1. The number of nitrogens with two attached hydrogens (primary N) is 1. The zero-order valence-corrected chi connectivity index (χ0v) is 9.04. The third-order valence-corrected chi connectivity index (χ3v) is 2.16. The Morgan fingerprint density at radius 2 is 2.27 bits per heavy atom. The molecule has 0 spiro atoms. The highest BCUT2D eigenvalue weighted by Crippen LogP contribution is 2.15. The Labute approximate surface area is 89.4 Å². The molecule has 0 aliphatic rings. The van der Waals surface area contributed by atoms with Crippen molar-refractivity contribution < 1.29 is 9.53 Å². The van der Waals surface area contributed by atoms with Crippen molar-refractivity contribution >= 4 is 11.7 Å². The first kappa shape index (κ1) is 11.5. The second-order valence-corrected chi connectivity index (χ2v) is 3.27. The number of hydrogen-bond donors (Lipinski definition) is 2. The van der Waals surface area contributed by atoms with Crippen LogP contribution in [0.2, 0.25) is 0 Å². The summed E-state index contributed by atoms with van der Waals surface area (Å²) in [5, 5.41) is 0. The van der Waals surface area contributed by atoms with Gasteiger partial charge in [-0.1, -0.05) is 6.07 Å². The summed E-state index contributed by atoms with van der Waals surface area (Å²) in [7, 11) is 0. The predicted octanol–water partition coefficient (Wildman–Crippen LogP) is 1.39. The molecule has 0 saturated heterocycles. The fourth-order valence-corrected chi connectivity index (χ4v) is 1.32. The van der Waals surface area contributed by atoms with E-state index in [1.165, 1.54) is 0 Å². The summed E-state index contributed by atoms with van der Waals surface area (Å²) in [6.45, 7) is 4.16. The van der Waals surface area contributed by atoms with Crippen LogP contribution in [0, 0.1) is 6.92 Å². The number of nitrogen functional groups attached to an aromatic ring is 1. The molecule has 0 aromatic heterocycles. The van der Waals surface area contributed by atoms with E-state index in [9.17, 15) is 4.79 Å². The molecule has 0 amide bonds. The van der Waals surface area contributed by atoms with Crippen molar-refractivity contribution in [2.45, 2.75) is 20.3 Å². The molecule has 0 fully saturated rings. The van der Waals surface area contributed by atoms with Gasteiger partial charge in [0.1, 0.15) is 0 Å². The maximum absolute atomic E-state index is 11.3. The monoisotopic (exact) mass is 208 g/mol. The molecule has 0 unspecified atom stereocenters. The van der Waals surface area contributed by atoms with Crippen LogP contribution in [0.1, 0.15) is 18.1 Å². The van der Waals surface area contributed by atoms with Gasteiger partial charge in [-0.25, -0.2) is 0 Å². The van der Waals surface area contributed by atoms with Gasteiger partial charge in [-0.05, 0) is 37.1 Å². The number of anilines is 1. The van der Waals surface area contributed by atoms with Gasteiger partial charge in [-0.2, -0.15) is 0 Å². The summed E-state index contributed by atoms with van der Waals surface area (Å²) in [6.07, 6.45) is 0.287. The first-order chi connectivity index (χ1) is 7.17. The Kier molecular flexibility index (Phi) is 4.12. The highest BCUT2D eigenvalue weighted by Gasteiger charge is 2.07. The molecule has 0 aliphatic heterocycles. The molecule has 82 valence electrons. The fourth-order valence-electron chi connectivity index (χ4n) is 1.32. The minimum atomic E-state index is -0.213. The van der Waals surface area contributed by atoms with Gasteiger partial charge in [0.2, 0.25) is 0 Å². The van der Waals surface area contributed by atoms with E-state index in [1.807, 2.05) is 25.1 Å². The van der Waals surface area contributed by atoms with E-state index < -0.39 is 0 Å². The molecule has 4 nitrogen and oxygen atoms in total. The van der Waals surface area contributed by atoms with E-state index in [-0.39, 0.29) is 12.4 Å². The van der Waals surface area contributed by atoms with E-state index in [4.69, 9.17) is 10.6 Å². The summed E-state index contributed by atoms with van der Waals surface area (Å²) in [5.74, 6) is 5.08. The van der Waals surface area contributed by atoms with Crippen molar-refractivity contribution in [1.82, 2.24) is 0 Å². The molecular weight excluding hydrogens is 192 g/mol. The van der Waals surface area contributed by atoms with Crippen LogP contribution in [0.3, 0.4) is 0 Å². The molecule has 0 heterocycles. The lowest BCUT2D eigenvalue weighted by molar-refractivity contribution is -0.142. The van der Waals surface area contributed by atoms with Gasteiger partial charge >= 0.3 is 5.97 Å². The summed E-state index contributed by atoms with van der Waals surface area (Å²) in [5.41, 5.74) is 5.33. The number of esters is 1. The Hall–Kier alpha value is -1.55. The van der Waals surface area contributed by atoms with Gasteiger partial charge in [0, 0.05) is 5.69 Å². The highest BCUT2D eigenvalue weighted by atomic mass is 16.5. The van der Waals surface area contributed by atoms with Crippen molar-refractivity contribution in [3.05, 3.63) is 29.3 Å². The molecule has 0 radical (unpaired) electrons. The van der Waals surface area contributed by atoms with Crippen LogP contribution in [0.15, 0.2) is 18.2 Å². The minimum Gasteiger partial charge on any atom is -0.466 e. The Morgan fingerprint density at radius 1 is 1.53 bits per heavy atom. The molecule has 15 heavy (non-hydrogen) atoms. The van der Waals surface area contributed by atoms with Crippen molar-refractivity contribution in [3.8, 4) is 0 Å². The normalized spacial score (nSPS) is 9.80. The van der Waals surface area contributed by atoms with Crippen molar-refractivity contribution in [2.24, 2.45) is 5.84 Å². The van der Waals surface area contributed by atoms with Crippen LogP contribution in [-0.2, 0) is 16.0 Å². The quantitative estimate of drug-likeness (QED) is 0.446. The van der Waals surface area contributed by atoms with E-state index in [0.717, 1.165) is 16.8 Å². The number of ether oxygens (including phenoxy) is 1. The number of hydrazine groups is 1. The summed E-state index contributed by atoms with van der Waals surface area (Å²) < 4.78 is 4.88. The zero-order chi connectivity index (χ0) is 11.3. The number of aryl methyl sites for hydroxylation is 1. The molecule has 1 aromatic rings. The first-order valence-electron chi connectivity index (χ1n) is 4.89. The molecular formula is C11H16N2O2. The Balaban J connectivity index is 2.79. The lowest BCUT2D eigenvalue weighted by Crippen LogP contribution is -2.10. The highest BCUT2D eigenvalue weighted by molar-refractivity contribution is 5.73. The molecule has 0 aliphatic carbocycles. The smallest absolute Gasteiger partial charge is 0.310 e. The molecule has 0 saturated carbocycles. The van der Waals surface area contributed by atoms with E-state index in [0.29, 0.717) is 6.61 Å². The third kappa shape index (κ3) is 3.25. The molecule has 1 aromatic carbocycles. The van der Waals surface area contributed by atoms with Gasteiger partial charge in [0.05, 0.1) is 13.0 Å². The zero-order valence-electron chi connectivity index (χ0n) is 9.04. The van der Waals surface area contributed by atoms with Crippen LogP contribution in [0.5, 0.6) is 0 Å². The van der Waals surface area contributed by atoms with E-state index >= 15 is 0 Å². The average molecular weight is 208 g/mol. The SMILES string of the molecule is CCOC(=O)Cc1cc(NN)ccc1C. The van der Waals surface area contributed by atoms with Gasteiger partial charge in [0.15, 0.2) is 0 Å². The van der Waals surface area contributed by atoms with Crippen LogP contribution in [0.25, 0.3) is 0 Å². The van der Waals surface area contributed by atoms with Crippen LogP contribution >= 0.6 is 0 Å². The predicted molar refractivity (Wildman–Crippen MR) is 59.3 cm³/mol. The first-order valence-corrected chi connectivity index (χ1v) is 4.89. The van der Waals surface area contributed by atoms with Crippen LogP contribution in [0.4, 0.5) is 5.69 Å². The fraction of sp³-hybridized carbons (Fsp3) is 0.364. The van der Waals surface area contributed by atoms with E-state index in [2.05, 4.69) is 5.43 Å². The number of carbonyl (C=O) groups excluding carboxylic acids is 1. The van der Waals surface area contributed by atoms with Crippen LogP contribution < -0.4 is 11.3 Å². The third-order valence-electron chi connectivity index (χ3n) is 2.16. The second kappa shape index (κ2) is 5.36. The maximum Gasteiger partial charge on any atom is 0.310 e. The van der Waals surface area contributed by atoms with Gasteiger partial charge in [0.25, 0.3) is 0 Å². The standard InChI is InChI=1S/C11H16N2O2/c1-3-15-11(14)7-9-6-10(13-12)5-4-8(9)2/h4-6,13H,3,7,12H2,1-2H3. The lowest BCUT2D eigenvalue weighted by atomic mass is 10.1. The number of rotatable bonds is 4. The van der Waals surface area contributed by atoms with Gasteiger partial charge in [-0.15, -0.1) is 0 Å². The molecule has 0 atom stereocenters. The maximum atomic E-state index is 11.3. The average Bonchev–Trinajstić information content (AvgIpc) is 2.21. The molecule has 0 bridgehead atoms. The second-order valence-electron chi connectivity index (χ2n) is 3.27. The van der Waals surface area contributed by atoms with Gasteiger partial charge < -0.3 is 10.2 Å².